The molecule has 50 heavy (non-hydrogen) atoms. The number of hydrogen-bond donors (Lipinski definition) is 0. The predicted molar refractivity (Wildman–Crippen MR) is 200 cm³/mol. The Hall–Kier alpha value is -7.39. The van der Waals surface area contributed by atoms with E-state index in [1.165, 1.54) is 10.8 Å². The highest BCUT2D eigenvalue weighted by Gasteiger charge is 2.17. The van der Waals surface area contributed by atoms with Crippen molar-refractivity contribution in [1.29, 1.82) is 15.8 Å². The average molecular weight is 636 g/mol. The van der Waals surface area contributed by atoms with E-state index in [-0.39, 0.29) is 0 Å². The van der Waals surface area contributed by atoms with Crippen LogP contribution in [0.2, 0.25) is 0 Å². The first-order chi connectivity index (χ1) is 24.6. The highest BCUT2D eigenvalue weighted by Crippen LogP contribution is 2.38. The quantitative estimate of drug-likeness (QED) is 0.193. The maximum absolute atomic E-state index is 10.2. The Morgan fingerprint density at radius 2 is 0.940 bits per heavy atom. The van der Waals surface area contributed by atoms with E-state index >= 15 is 0 Å². The molecule has 230 valence electrons. The van der Waals surface area contributed by atoms with Gasteiger partial charge in [0, 0.05) is 32.8 Å². The molecule has 0 aliphatic heterocycles. The highest BCUT2D eigenvalue weighted by atomic mass is 15.0. The molecule has 5 nitrogen and oxygen atoms in total. The number of fused-ring (bicyclic) bond motifs is 6. The first kappa shape index (κ1) is 28.8. The maximum atomic E-state index is 10.2. The van der Waals surface area contributed by atoms with Gasteiger partial charge in [0.05, 0.1) is 62.7 Å². The first-order valence-electron chi connectivity index (χ1n) is 16.3. The van der Waals surface area contributed by atoms with Gasteiger partial charge in [-0.1, -0.05) is 72.8 Å². The van der Waals surface area contributed by atoms with Crippen LogP contribution in [-0.2, 0) is 0 Å². The van der Waals surface area contributed by atoms with E-state index in [9.17, 15) is 15.8 Å². The zero-order valence-corrected chi connectivity index (χ0v) is 26.7. The number of nitriles is 3. The van der Waals surface area contributed by atoms with Crippen molar-refractivity contribution >= 4 is 43.6 Å². The number of rotatable bonds is 4. The second-order valence-corrected chi connectivity index (χ2v) is 12.4. The van der Waals surface area contributed by atoms with E-state index < -0.39 is 0 Å². The molecule has 0 bridgehead atoms. The lowest BCUT2D eigenvalue weighted by Gasteiger charge is -2.15. The van der Waals surface area contributed by atoms with Crippen LogP contribution in [-0.4, -0.2) is 9.13 Å². The number of aromatic nitrogens is 2. The average Bonchev–Trinajstić information content (AvgIpc) is 3.69. The van der Waals surface area contributed by atoms with Crippen LogP contribution in [0.4, 0.5) is 0 Å². The van der Waals surface area contributed by atoms with Gasteiger partial charge >= 0.3 is 0 Å². The lowest BCUT2D eigenvalue weighted by molar-refractivity contribution is 1.18. The summed E-state index contributed by atoms with van der Waals surface area (Å²) in [6, 6.07) is 57.9. The summed E-state index contributed by atoms with van der Waals surface area (Å²) < 4.78 is 4.45. The van der Waals surface area contributed by atoms with E-state index in [0.717, 1.165) is 66.5 Å². The summed E-state index contributed by atoms with van der Waals surface area (Å²) in [5.41, 5.74) is 11.7. The summed E-state index contributed by atoms with van der Waals surface area (Å²) in [6.07, 6.45) is 0. The first-order valence-corrected chi connectivity index (χ1v) is 16.3. The molecule has 0 unspecified atom stereocenters. The van der Waals surface area contributed by atoms with Crippen LogP contribution < -0.4 is 0 Å². The van der Waals surface area contributed by atoms with Gasteiger partial charge in [0.15, 0.2) is 0 Å². The largest absolute Gasteiger partial charge is 0.309 e. The van der Waals surface area contributed by atoms with Crippen LogP contribution in [0.5, 0.6) is 0 Å². The molecule has 0 amide bonds. The summed E-state index contributed by atoms with van der Waals surface area (Å²) in [5, 5.41) is 33.7. The maximum Gasteiger partial charge on any atom is 0.0992 e. The predicted octanol–water partition coefficient (Wildman–Crippen LogP) is 10.8. The smallest absolute Gasteiger partial charge is 0.0992 e. The van der Waals surface area contributed by atoms with E-state index in [0.29, 0.717) is 16.7 Å². The molecule has 7 aromatic carbocycles. The Morgan fingerprint density at radius 3 is 1.66 bits per heavy atom. The normalized spacial score (nSPS) is 11.1. The molecule has 0 aliphatic rings. The molecule has 9 rings (SSSR count). The van der Waals surface area contributed by atoms with Crippen LogP contribution in [0.15, 0.2) is 152 Å². The van der Waals surface area contributed by atoms with E-state index in [2.05, 4.69) is 124 Å². The van der Waals surface area contributed by atoms with Gasteiger partial charge in [0.25, 0.3) is 0 Å². The fourth-order valence-corrected chi connectivity index (χ4v) is 7.35. The van der Waals surface area contributed by atoms with Gasteiger partial charge in [-0.3, -0.25) is 0 Å². The van der Waals surface area contributed by atoms with Gasteiger partial charge in [-0.15, -0.1) is 0 Å². The van der Waals surface area contributed by atoms with Crippen LogP contribution in [0, 0.1) is 34.0 Å². The zero-order valence-electron chi connectivity index (χ0n) is 26.7. The highest BCUT2D eigenvalue weighted by molar-refractivity contribution is 6.11. The molecule has 0 N–H and O–H groups in total. The molecule has 0 atom stereocenters. The minimum Gasteiger partial charge on any atom is -0.309 e. The third-order valence-corrected chi connectivity index (χ3v) is 9.58. The standard InChI is InChI=1S/C45H25N5/c46-26-29-14-20-44-40(23-29)39-19-13-30(27-47)24-45(39)49(44)35-17-15-32(16-18-35)33-21-31(28-48)22-34(25-33)36-7-1-4-10-41(36)50-42-11-5-2-8-37(42)38-9-3-6-12-43(38)50/h1-25H. The molecule has 9 aromatic rings. The van der Waals surface area contributed by atoms with Gasteiger partial charge < -0.3 is 9.13 Å². The molecule has 2 heterocycles. The van der Waals surface area contributed by atoms with Gasteiger partial charge in [0.1, 0.15) is 0 Å². The molecule has 0 saturated heterocycles. The van der Waals surface area contributed by atoms with Gasteiger partial charge in [-0.25, -0.2) is 0 Å². The molecule has 2 aromatic heterocycles. The van der Waals surface area contributed by atoms with Crippen LogP contribution in [0.1, 0.15) is 16.7 Å². The van der Waals surface area contributed by atoms with Gasteiger partial charge in [0.2, 0.25) is 0 Å². The molecule has 0 spiro atoms. The summed E-state index contributed by atoms with van der Waals surface area (Å²) >= 11 is 0. The molecular weight excluding hydrogens is 611 g/mol. The fraction of sp³-hybridized carbons (Fsp3) is 0. The van der Waals surface area contributed by atoms with Crippen LogP contribution in [0.25, 0.3) is 77.2 Å². The molecule has 0 saturated carbocycles. The number of benzene rings is 7. The van der Waals surface area contributed by atoms with Gasteiger partial charge in [-0.05, 0) is 95.6 Å². The lowest BCUT2D eigenvalue weighted by Crippen LogP contribution is -1.97. The van der Waals surface area contributed by atoms with Crippen molar-refractivity contribution in [2.24, 2.45) is 0 Å². The molecular formula is C45H25N5. The topological polar surface area (TPSA) is 81.2 Å². The Kier molecular flexibility index (Phi) is 6.56. The van der Waals surface area contributed by atoms with Crippen molar-refractivity contribution in [3.8, 4) is 51.8 Å². The summed E-state index contributed by atoms with van der Waals surface area (Å²) in [5.74, 6) is 0. The lowest BCUT2D eigenvalue weighted by atomic mass is 9.95. The minimum atomic E-state index is 0.570. The number of para-hydroxylation sites is 3. The van der Waals surface area contributed by atoms with Crippen molar-refractivity contribution < 1.29 is 0 Å². The van der Waals surface area contributed by atoms with Crippen molar-refractivity contribution in [2.45, 2.75) is 0 Å². The molecule has 0 radical (unpaired) electrons. The second-order valence-electron chi connectivity index (χ2n) is 12.4. The van der Waals surface area contributed by atoms with Crippen LogP contribution >= 0.6 is 0 Å². The fourth-order valence-electron chi connectivity index (χ4n) is 7.35. The molecule has 0 fully saturated rings. The zero-order chi connectivity index (χ0) is 33.8. The van der Waals surface area contributed by atoms with Crippen molar-refractivity contribution in [3.05, 3.63) is 168 Å². The van der Waals surface area contributed by atoms with Gasteiger partial charge in [-0.2, -0.15) is 15.8 Å². The molecule has 5 heteroatoms. The van der Waals surface area contributed by atoms with E-state index in [1.54, 1.807) is 0 Å². The SMILES string of the molecule is N#Cc1cc(-c2ccc(-n3c4ccc(C#N)cc4c4ccc(C#N)cc43)cc2)cc(-c2ccccc2-n2c3ccccc3c3ccccc32)c1. The summed E-state index contributed by atoms with van der Waals surface area (Å²) in [7, 11) is 0. The van der Waals surface area contributed by atoms with E-state index in [1.807, 2.05) is 54.6 Å². The third kappa shape index (κ3) is 4.45. The van der Waals surface area contributed by atoms with E-state index in [4.69, 9.17) is 0 Å². The monoisotopic (exact) mass is 635 g/mol. The Bertz CT molecular complexity index is 2900. The minimum absolute atomic E-state index is 0.570. The van der Waals surface area contributed by atoms with Crippen molar-refractivity contribution in [2.75, 3.05) is 0 Å². The number of nitrogens with zero attached hydrogens (tertiary/aromatic N) is 5. The van der Waals surface area contributed by atoms with Crippen molar-refractivity contribution in [3.63, 3.8) is 0 Å². The Morgan fingerprint density at radius 1 is 0.360 bits per heavy atom. The Labute approximate surface area is 287 Å². The molecule has 0 aliphatic carbocycles. The Balaban J connectivity index is 1.19. The number of hydrogen-bond acceptors (Lipinski definition) is 3. The summed E-state index contributed by atoms with van der Waals surface area (Å²) in [6.45, 7) is 0. The third-order valence-electron chi connectivity index (χ3n) is 9.58. The second kappa shape index (κ2) is 11.4. The summed E-state index contributed by atoms with van der Waals surface area (Å²) in [4.78, 5) is 0. The van der Waals surface area contributed by atoms with Crippen LogP contribution in [0.3, 0.4) is 0 Å². The van der Waals surface area contributed by atoms with Crippen molar-refractivity contribution in [1.82, 2.24) is 9.13 Å².